The van der Waals surface area contributed by atoms with Gasteiger partial charge in [0.25, 0.3) is 0 Å². The normalized spacial score (nSPS) is 27.4. The van der Waals surface area contributed by atoms with Gasteiger partial charge in [-0.25, -0.2) is 16.8 Å². The third-order valence-corrected chi connectivity index (χ3v) is 9.62. The summed E-state index contributed by atoms with van der Waals surface area (Å²) in [7, 11) is -6.91. The van der Waals surface area contributed by atoms with E-state index in [1.54, 1.807) is 29.4 Å². The van der Waals surface area contributed by atoms with Gasteiger partial charge in [-0.3, -0.25) is 4.31 Å². The molecule has 8 heteroatoms. The summed E-state index contributed by atoms with van der Waals surface area (Å²) in [5, 5.41) is 0. The molecule has 2 atom stereocenters. The summed E-state index contributed by atoms with van der Waals surface area (Å²) < 4.78 is 54.1. The monoisotopic (exact) mass is 400 g/mol. The van der Waals surface area contributed by atoms with Crippen molar-refractivity contribution in [2.45, 2.75) is 69.9 Å². The Morgan fingerprint density at radius 3 is 2.27 bits per heavy atom. The molecule has 2 saturated heterocycles. The quantitative estimate of drug-likeness (QED) is 0.782. The van der Waals surface area contributed by atoms with Crippen LogP contribution in [-0.2, 0) is 20.0 Å². The van der Waals surface area contributed by atoms with Crippen LogP contribution >= 0.6 is 0 Å². The number of sulfonamides is 2. The third kappa shape index (κ3) is 3.51. The van der Waals surface area contributed by atoms with Crippen molar-refractivity contribution in [1.82, 2.24) is 4.31 Å². The van der Waals surface area contributed by atoms with Crippen molar-refractivity contribution in [3.05, 3.63) is 23.8 Å². The first-order valence-electron chi connectivity index (χ1n) is 9.29. The molecule has 0 radical (unpaired) electrons. The highest BCUT2D eigenvalue weighted by Crippen LogP contribution is 2.33. The molecule has 6 nitrogen and oxygen atoms in total. The van der Waals surface area contributed by atoms with E-state index in [1.807, 2.05) is 13.8 Å². The summed E-state index contributed by atoms with van der Waals surface area (Å²) in [6.45, 7) is 6.11. The average Bonchev–Trinajstić information content (AvgIpc) is 2.53. The van der Waals surface area contributed by atoms with Crippen molar-refractivity contribution in [2.24, 2.45) is 0 Å². The molecule has 0 spiro atoms. The lowest BCUT2D eigenvalue weighted by Crippen LogP contribution is -2.47. The summed E-state index contributed by atoms with van der Waals surface area (Å²) in [6.07, 6.45) is 4.27. The predicted octanol–water partition coefficient (Wildman–Crippen LogP) is 2.88. The first-order chi connectivity index (χ1) is 12.1. The molecule has 0 aliphatic carbocycles. The zero-order chi connectivity index (χ0) is 19.1. The summed E-state index contributed by atoms with van der Waals surface area (Å²) in [5.41, 5.74) is 1.15. The number of nitrogens with zero attached hydrogens (tertiary/aromatic N) is 2. The number of hydrogen-bond donors (Lipinski definition) is 0. The topological polar surface area (TPSA) is 74.8 Å². The van der Waals surface area contributed by atoms with E-state index in [9.17, 15) is 16.8 Å². The van der Waals surface area contributed by atoms with Gasteiger partial charge in [0.2, 0.25) is 20.0 Å². The maximum atomic E-state index is 13.2. The number of anilines is 1. The van der Waals surface area contributed by atoms with Crippen LogP contribution in [0.15, 0.2) is 23.1 Å². The van der Waals surface area contributed by atoms with E-state index in [0.717, 1.165) is 25.7 Å². The second kappa shape index (κ2) is 7.13. The van der Waals surface area contributed by atoms with Gasteiger partial charge < -0.3 is 0 Å². The molecule has 0 bridgehead atoms. The molecule has 0 amide bonds. The molecule has 2 aliphatic rings. The van der Waals surface area contributed by atoms with Gasteiger partial charge in [-0.2, -0.15) is 4.31 Å². The van der Waals surface area contributed by atoms with Gasteiger partial charge >= 0.3 is 0 Å². The fraction of sp³-hybridized carbons (Fsp3) is 0.667. The van der Waals surface area contributed by atoms with Crippen LogP contribution in [0, 0.1) is 6.92 Å². The second-order valence-electron chi connectivity index (χ2n) is 7.51. The Morgan fingerprint density at radius 2 is 1.69 bits per heavy atom. The molecule has 2 aliphatic heterocycles. The Balaban J connectivity index is 1.97. The molecule has 1 aromatic rings. The van der Waals surface area contributed by atoms with E-state index in [2.05, 4.69) is 0 Å². The molecule has 0 unspecified atom stereocenters. The van der Waals surface area contributed by atoms with Crippen molar-refractivity contribution in [3.8, 4) is 0 Å². The fourth-order valence-corrected chi connectivity index (χ4v) is 7.86. The molecule has 0 N–H and O–H groups in total. The van der Waals surface area contributed by atoms with Crippen molar-refractivity contribution in [3.63, 3.8) is 0 Å². The van der Waals surface area contributed by atoms with Gasteiger partial charge in [-0.1, -0.05) is 6.42 Å². The van der Waals surface area contributed by atoms with Crippen molar-refractivity contribution in [1.29, 1.82) is 0 Å². The highest BCUT2D eigenvalue weighted by Gasteiger charge is 2.36. The lowest BCUT2D eigenvalue weighted by atomic mass is 10.0. The molecule has 26 heavy (non-hydrogen) atoms. The lowest BCUT2D eigenvalue weighted by Gasteiger charge is -2.38. The van der Waals surface area contributed by atoms with Crippen LogP contribution in [0.4, 0.5) is 5.69 Å². The zero-order valence-electron chi connectivity index (χ0n) is 15.7. The van der Waals surface area contributed by atoms with Crippen molar-refractivity contribution >= 4 is 25.7 Å². The van der Waals surface area contributed by atoms with Gasteiger partial charge in [0.15, 0.2) is 0 Å². The van der Waals surface area contributed by atoms with Crippen LogP contribution in [0.25, 0.3) is 0 Å². The largest absolute Gasteiger partial charge is 0.270 e. The number of benzene rings is 1. The predicted molar refractivity (Wildman–Crippen MR) is 103 cm³/mol. The van der Waals surface area contributed by atoms with E-state index in [1.165, 1.54) is 4.31 Å². The lowest BCUT2D eigenvalue weighted by molar-refractivity contribution is 0.204. The Labute approximate surface area is 157 Å². The summed E-state index contributed by atoms with van der Waals surface area (Å²) in [4.78, 5) is 0.274. The van der Waals surface area contributed by atoms with Crippen LogP contribution in [0.3, 0.4) is 0 Å². The van der Waals surface area contributed by atoms with Gasteiger partial charge in [0.05, 0.1) is 16.3 Å². The highest BCUT2D eigenvalue weighted by molar-refractivity contribution is 7.92. The summed E-state index contributed by atoms with van der Waals surface area (Å²) in [6, 6.07) is 4.84. The number of piperidine rings is 1. The molecule has 0 aromatic heterocycles. The minimum atomic E-state index is -3.60. The Morgan fingerprint density at radius 1 is 1.04 bits per heavy atom. The highest BCUT2D eigenvalue weighted by atomic mass is 32.2. The van der Waals surface area contributed by atoms with Gasteiger partial charge in [-0.05, 0) is 70.2 Å². The molecular weight excluding hydrogens is 372 g/mol. The summed E-state index contributed by atoms with van der Waals surface area (Å²) >= 11 is 0. The third-order valence-electron chi connectivity index (χ3n) is 5.46. The van der Waals surface area contributed by atoms with Gasteiger partial charge in [0.1, 0.15) is 0 Å². The van der Waals surface area contributed by atoms with Crippen LogP contribution in [0.5, 0.6) is 0 Å². The molecule has 0 saturated carbocycles. The van der Waals surface area contributed by atoms with E-state index in [-0.39, 0.29) is 22.7 Å². The average molecular weight is 401 g/mol. The minimum absolute atomic E-state index is 0.0229. The van der Waals surface area contributed by atoms with E-state index >= 15 is 0 Å². The Kier molecular flexibility index (Phi) is 5.38. The maximum absolute atomic E-state index is 13.2. The molecule has 3 rings (SSSR count). The molecule has 2 fully saturated rings. The first-order valence-corrected chi connectivity index (χ1v) is 12.3. The SMILES string of the molecule is Cc1cc(N2CCCCS2(=O)=O)ccc1S(=O)(=O)N1[C@H](C)CCC[C@@H]1C. The molecule has 2 heterocycles. The second-order valence-corrected chi connectivity index (χ2v) is 11.3. The van der Waals surface area contributed by atoms with Gasteiger partial charge in [-0.15, -0.1) is 0 Å². The van der Waals surface area contributed by atoms with E-state index < -0.39 is 20.0 Å². The van der Waals surface area contributed by atoms with Crippen molar-refractivity contribution in [2.75, 3.05) is 16.6 Å². The first kappa shape index (κ1) is 19.6. The Bertz CT molecular complexity index is 870. The van der Waals surface area contributed by atoms with E-state index in [0.29, 0.717) is 24.2 Å². The van der Waals surface area contributed by atoms with Crippen LogP contribution < -0.4 is 4.31 Å². The Hall–Kier alpha value is -1.12. The number of aryl methyl sites for hydroxylation is 1. The van der Waals surface area contributed by atoms with Crippen LogP contribution in [0.1, 0.15) is 51.5 Å². The van der Waals surface area contributed by atoms with Gasteiger partial charge in [0, 0.05) is 18.6 Å². The standard InChI is InChI=1S/C18H28N2O4S2/c1-14-13-17(19-11-4-5-12-25(19,21)22)9-10-18(14)26(23,24)20-15(2)7-6-8-16(20)3/h9-10,13,15-16H,4-8,11-12H2,1-3H3/t15-,16+. The maximum Gasteiger partial charge on any atom is 0.243 e. The zero-order valence-corrected chi connectivity index (χ0v) is 17.3. The van der Waals surface area contributed by atoms with Crippen LogP contribution in [0.2, 0.25) is 0 Å². The molecular formula is C18H28N2O4S2. The molecule has 146 valence electrons. The smallest absolute Gasteiger partial charge is 0.243 e. The number of hydrogen-bond acceptors (Lipinski definition) is 4. The van der Waals surface area contributed by atoms with Crippen molar-refractivity contribution < 1.29 is 16.8 Å². The molecule has 1 aromatic carbocycles. The minimum Gasteiger partial charge on any atom is -0.270 e. The van der Waals surface area contributed by atoms with Crippen LogP contribution in [-0.4, -0.2) is 45.5 Å². The fourth-order valence-electron chi connectivity index (χ4n) is 4.14. The number of rotatable bonds is 3. The summed E-state index contributed by atoms with van der Waals surface area (Å²) in [5.74, 6) is 0.148. The van der Waals surface area contributed by atoms with E-state index in [4.69, 9.17) is 0 Å².